The van der Waals surface area contributed by atoms with E-state index in [0.29, 0.717) is 12.0 Å². The molecule has 2 saturated carbocycles. The molecule has 1 amide bonds. The summed E-state index contributed by atoms with van der Waals surface area (Å²) in [6.45, 7) is 4.43. The van der Waals surface area contributed by atoms with Gasteiger partial charge in [0.25, 0.3) is 5.91 Å². The zero-order chi connectivity index (χ0) is 15.0. The molecule has 0 radical (unpaired) electrons. The van der Waals surface area contributed by atoms with Gasteiger partial charge in [-0.3, -0.25) is 4.79 Å². The van der Waals surface area contributed by atoms with E-state index in [1.165, 1.54) is 18.5 Å². The van der Waals surface area contributed by atoms with Crippen LogP contribution in [0.15, 0.2) is 6.07 Å². The first kappa shape index (κ1) is 14.6. The van der Waals surface area contributed by atoms with Crippen molar-refractivity contribution in [1.82, 2.24) is 9.88 Å². The van der Waals surface area contributed by atoms with Crippen LogP contribution in [0.3, 0.4) is 0 Å². The normalized spacial score (nSPS) is 25.9. The second-order valence-corrected chi connectivity index (χ2v) is 6.76. The lowest BCUT2D eigenvalue weighted by molar-refractivity contribution is 0.0913. The Morgan fingerprint density at radius 2 is 1.90 bits per heavy atom. The summed E-state index contributed by atoms with van der Waals surface area (Å²) < 4.78 is 2.32. The Balaban J connectivity index is 1.65. The lowest BCUT2D eigenvalue weighted by Gasteiger charge is -2.27. The first-order valence-electron chi connectivity index (χ1n) is 8.20. The molecule has 1 aromatic heterocycles. The zero-order valence-electron chi connectivity index (χ0n) is 13.1. The van der Waals surface area contributed by atoms with Crippen LogP contribution in [-0.2, 0) is 0 Å². The summed E-state index contributed by atoms with van der Waals surface area (Å²) in [5, 5.41) is 12.4. The van der Waals surface area contributed by atoms with Gasteiger partial charge in [0.05, 0.1) is 5.56 Å². The lowest BCUT2D eigenvalue weighted by Crippen LogP contribution is -2.38. The van der Waals surface area contributed by atoms with Gasteiger partial charge in [-0.25, -0.2) is 0 Å². The molecule has 2 aliphatic carbocycles. The van der Waals surface area contributed by atoms with Crippen molar-refractivity contribution in [1.29, 1.82) is 0 Å². The number of hydrogen-bond acceptors (Lipinski definition) is 2. The van der Waals surface area contributed by atoms with Gasteiger partial charge in [-0.05, 0) is 64.4 Å². The molecule has 1 aromatic rings. The molecule has 3 rings (SSSR count). The highest BCUT2D eigenvalue weighted by atomic mass is 16.3. The number of amides is 1. The minimum absolute atomic E-state index is 0.0717. The van der Waals surface area contributed by atoms with Crippen LogP contribution < -0.4 is 5.32 Å². The summed E-state index contributed by atoms with van der Waals surface area (Å²) in [7, 11) is 0. The standard InChI is InChI=1S/C17H26N2O2/c1-11-9-16(12(2)19(11)15-7-8-15)17(21)18-14-5-3-13(10-20)4-6-14/h9,13-15,20H,3-8,10H2,1-2H3,(H,18,21). The highest BCUT2D eigenvalue weighted by molar-refractivity contribution is 5.95. The van der Waals surface area contributed by atoms with Gasteiger partial charge in [-0.15, -0.1) is 0 Å². The Morgan fingerprint density at radius 1 is 1.24 bits per heavy atom. The zero-order valence-corrected chi connectivity index (χ0v) is 13.1. The molecule has 0 spiro atoms. The number of aliphatic hydroxyl groups excluding tert-OH is 1. The van der Waals surface area contributed by atoms with Crippen molar-refractivity contribution in [3.63, 3.8) is 0 Å². The van der Waals surface area contributed by atoms with E-state index in [-0.39, 0.29) is 18.6 Å². The van der Waals surface area contributed by atoms with Gasteiger partial charge in [0, 0.05) is 30.1 Å². The third kappa shape index (κ3) is 3.00. The van der Waals surface area contributed by atoms with E-state index in [2.05, 4.69) is 23.7 Å². The van der Waals surface area contributed by atoms with Crippen LogP contribution in [0.2, 0.25) is 0 Å². The number of aryl methyl sites for hydroxylation is 1. The summed E-state index contributed by atoms with van der Waals surface area (Å²) >= 11 is 0. The summed E-state index contributed by atoms with van der Waals surface area (Å²) in [5.41, 5.74) is 3.14. The number of rotatable bonds is 4. The smallest absolute Gasteiger partial charge is 0.253 e. The van der Waals surface area contributed by atoms with Crippen molar-refractivity contribution >= 4 is 5.91 Å². The van der Waals surface area contributed by atoms with Crippen molar-refractivity contribution in [2.75, 3.05) is 6.61 Å². The van der Waals surface area contributed by atoms with Gasteiger partial charge in [-0.2, -0.15) is 0 Å². The molecule has 0 bridgehead atoms. The quantitative estimate of drug-likeness (QED) is 0.896. The number of aromatic nitrogens is 1. The minimum atomic E-state index is 0.0717. The summed E-state index contributed by atoms with van der Waals surface area (Å²) in [6, 6.07) is 2.92. The monoisotopic (exact) mass is 290 g/mol. The van der Waals surface area contributed by atoms with E-state index >= 15 is 0 Å². The molecule has 2 fully saturated rings. The third-order valence-electron chi connectivity index (χ3n) is 5.08. The molecule has 0 saturated heterocycles. The average molecular weight is 290 g/mol. The maximum Gasteiger partial charge on any atom is 0.253 e. The van der Waals surface area contributed by atoms with E-state index in [1.807, 2.05) is 6.07 Å². The predicted octanol–water partition coefficient (Wildman–Crippen LogP) is 2.72. The van der Waals surface area contributed by atoms with Gasteiger partial charge in [-0.1, -0.05) is 0 Å². The SMILES string of the molecule is Cc1cc(C(=O)NC2CCC(CO)CC2)c(C)n1C1CC1. The predicted molar refractivity (Wildman–Crippen MR) is 82.5 cm³/mol. The molecule has 116 valence electrons. The molecular weight excluding hydrogens is 264 g/mol. The second kappa shape index (κ2) is 5.84. The fourth-order valence-electron chi connectivity index (χ4n) is 3.65. The van der Waals surface area contributed by atoms with Gasteiger partial charge >= 0.3 is 0 Å². The van der Waals surface area contributed by atoms with Gasteiger partial charge in [0.2, 0.25) is 0 Å². The maximum absolute atomic E-state index is 12.5. The summed E-state index contributed by atoms with van der Waals surface area (Å²) in [6.07, 6.45) is 6.48. The Hall–Kier alpha value is -1.29. The van der Waals surface area contributed by atoms with Gasteiger partial charge < -0.3 is 15.0 Å². The molecule has 0 aromatic carbocycles. The number of nitrogens with zero attached hydrogens (tertiary/aromatic N) is 1. The van der Waals surface area contributed by atoms with Gasteiger partial charge in [0.15, 0.2) is 0 Å². The fraction of sp³-hybridized carbons (Fsp3) is 0.706. The van der Waals surface area contributed by atoms with Crippen molar-refractivity contribution < 1.29 is 9.90 Å². The number of aliphatic hydroxyl groups is 1. The third-order valence-corrected chi connectivity index (χ3v) is 5.08. The fourth-order valence-corrected chi connectivity index (χ4v) is 3.65. The number of hydrogen-bond donors (Lipinski definition) is 2. The molecule has 2 aliphatic rings. The highest BCUT2D eigenvalue weighted by Gasteiger charge is 2.29. The second-order valence-electron chi connectivity index (χ2n) is 6.76. The summed E-state index contributed by atoms with van der Waals surface area (Å²) in [4.78, 5) is 12.5. The van der Waals surface area contributed by atoms with Crippen LogP contribution in [0.5, 0.6) is 0 Å². The topological polar surface area (TPSA) is 54.3 Å². The van der Waals surface area contributed by atoms with E-state index < -0.39 is 0 Å². The molecule has 2 N–H and O–H groups in total. The molecule has 0 atom stereocenters. The van der Waals surface area contributed by atoms with Crippen LogP contribution >= 0.6 is 0 Å². The summed E-state index contributed by atoms with van der Waals surface area (Å²) in [5.74, 6) is 0.500. The van der Waals surface area contributed by atoms with Crippen LogP contribution in [0.25, 0.3) is 0 Å². The van der Waals surface area contributed by atoms with Crippen LogP contribution in [0.4, 0.5) is 0 Å². The van der Waals surface area contributed by atoms with Crippen LogP contribution in [-0.4, -0.2) is 28.2 Å². The minimum Gasteiger partial charge on any atom is -0.396 e. The van der Waals surface area contributed by atoms with Crippen LogP contribution in [0.1, 0.15) is 66.3 Å². The average Bonchev–Trinajstić information content (AvgIpc) is 3.25. The molecule has 4 nitrogen and oxygen atoms in total. The lowest BCUT2D eigenvalue weighted by atomic mass is 9.86. The first-order chi connectivity index (χ1) is 10.1. The van der Waals surface area contributed by atoms with E-state index in [9.17, 15) is 9.90 Å². The Labute approximate surface area is 126 Å². The van der Waals surface area contributed by atoms with E-state index in [0.717, 1.165) is 36.9 Å². The molecule has 1 heterocycles. The number of nitrogens with one attached hydrogen (secondary N) is 1. The van der Waals surface area contributed by atoms with Crippen molar-refractivity contribution in [2.45, 2.75) is 64.5 Å². The van der Waals surface area contributed by atoms with Crippen molar-refractivity contribution in [2.24, 2.45) is 5.92 Å². The van der Waals surface area contributed by atoms with E-state index in [4.69, 9.17) is 0 Å². The van der Waals surface area contributed by atoms with Gasteiger partial charge in [0.1, 0.15) is 0 Å². The van der Waals surface area contributed by atoms with Crippen molar-refractivity contribution in [3.8, 4) is 0 Å². The Bertz CT molecular complexity index is 523. The molecule has 0 unspecified atom stereocenters. The van der Waals surface area contributed by atoms with Crippen LogP contribution in [0, 0.1) is 19.8 Å². The molecule has 4 heteroatoms. The molecular formula is C17H26N2O2. The highest BCUT2D eigenvalue weighted by Crippen LogP contribution is 2.38. The largest absolute Gasteiger partial charge is 0.396 e. The Kier molecular flexibility index (Phi) is 4.07. The Morgan fingerprint density at radius 3 is 2.48 bits per heavy atom. The van der Waals surface area contributed by atoms with Crippen molar-refractivity contribution in [3.05, 3.63) is 23.0 Å². The van der Waals surface area contributed by atoms with E-state index in [1.54, 1.807) is 0 Å². The maximum atomic E-state index is 12.5. The molecule has 21 heavy (non-hydrogen) atoms. The molecule has 0 aliphatic heterocycles. The first-order valence-corrected chi connectivity index (χ1v) is 8.20. The number of carbonyl (C=O) groups excluding carboxylic acids is 1. The number of carbonyl (C=O) groups is 1.